The Balaban J connectivity index is 1.81. The summed E-state index contributed by atoms with van der Waals surface area (Å²) in [5.41, 5.74) is 1.93. The molecule has 3 aromatic rings. The maximum absolute atomic E-state index is 4.70. The fourth-order valence-corrected chi connectivity index (χ4v) is 3.38. The van der Waals surface area contributed by atoms with Crippen molar-refractivity contribution in [2.24, 2.45) is 0 Å². The van der Waals surface area contributed by atoms with E-state index in [1.807, 2.05) is 25.1 Å². The second kappa shape index (κ2) is 5.07. The Morgan fingerprint density at radius 3 is 2.76 bits per heavy atom. The van der Waals surface area contributed by atoms with E-state index in [0.717, 1.165) is 34.7 Å². The zero-order valence-electron chi connectivity index (χ0n) is 12.3. The maximum Gasteiger partial charge on any atom is 0.194 e. The summed E-state index contributed by atoms with van der Waals surface area (Å²) in [5.74, 6) is 2.01. The molecule has 0 atom stereocenters. The maximum atomic E-state index is 4.70. The van der Waals surface area contributed by atoms with Crippen molar-refractivity contribution in [3.05, 3.63) is 35.9 Å². The molecule has 0 saturated carbocycles. The van der Waals surface area contributed by atoms with Crippen molar-refractivity contribution in [3.63, 3.8) is 0 Å². The quantitative estimate of drug-likeness (QED) is 0.767. The van der Waals surface area contributed by atoms with Crippen LogP contribution in [0.25, 0.3) is 16.6 Å². The van der Waals surface area contributed by atoms with Gasteiger partial charge in [0, 0.05) is 5.39 Å². The molecule has 21 heavy (non-hydrogen) atoms. The van der Waals surface area contributed by atoms with Crippen LogP contribution in [-0.2, 0) is 6.54 Å². The number of quaternary nitrogens is 1. The first-order valence-electron chi connectivity index (χ1n) is 7.76. The van der Waals surface area contributed by atoms with Gasteiger partial charge in [-0.25, -0.2) is 4.98 Å². The Morgan fingerprint density at radius 1 is 1.10 bits per heavy atom. The number of fused-ring (bicyclic) bond motifs is 3. The highest BCUT2D eigenvalue weighted by Crippen LogP contribution is 2.18. The first-order valence-corrected chi connectivity index (χ1v) is 7.76. The highest BCUT2D eigenvalue weighted by atomic mass is 15.3. The van der Waals surface area contributed by atoms with E-state index in [-0.39, 0.29) is 0 Å². The largest absolute Gasteiger partial charge is 0.329 e. The van der Waals surface area contributed by atoms with Crippen LogP contribution in [0.15, 0.2) is 24.3 Å². The van der Waals surface area contributed by atoms with Crippen LogP contribution in [0.4, 0.5) is 0 Å². The van der Waals surface area contributed by atoms with Gasteiger partial charge in [0.15, 0.2) is 11.5 Å². The second-order valence-electron chi connectivity index (χ2n) is 5.94. The van der Waals surface area contributed by atoms with Gasteiger partial charge in [-0.15, -0.1) is 10.2 Å². The van der Waals surface area contributed by atoms with E-state index in [9.17, 15) is 0 Å². The van der Waals surface area contributed by atoms with Crippen LogP contribution >= 0.6 is 0 Å². The number of benzene rings is 1. The number of aromatic nitrogens is 4. The van der Waals surface area contributed by atoms with Gasteiger partial charge in [-0.3, -0.25) is 4.40 Å². The lowest BCUT2D eigenvalue weighted by molar-refractivity contribution is -0.919. The molecule has 0 spiro atoms. The van der Waals surface area contributed by atoms with Crippen molar-refractivity contribution in [1.29, 1.82) is 0 Å². The molecule has 4 rings (SSSR count). The summed E-state index contributed by atoms with van der Waals surface area (Å²) in [5, 5.41) is 9.96. The smallest absolute Gasteiger partial charge is 0.194 e. The predicted octanol–water partition coefficient (Wildman–Crippen LogP) is 1.15. The first-order chi connectivity index (χ1) is 10.3. The van der Waals surface area contributed by atoms with Crippen molar-refractivity contribution >= 4 is 16.6 Å². The normalized spacial score (nSPS) is 16.8. The number of likely N-dealkylation sites (tertiary alicyclic amines) is 1. The Hall–Kier alpha value is -2.01. The van der Waals surface area contributed by atoms with Gasteiger partial charge in [0.1, 0.15) is 12.4 Å². The second-order valence-corrected chi connectivity index (χ2v) is 5.94. The molecule has 1 fully saturated rings. The Morgan fingerprint density at radius 2 is 1.90 bits per heavy atom. The van der Waals surface area contributed by atoms with Gasteiger partial charge in [-0.05, 0) is 38.3 Å². The van der Waals surface area contributed by atoms with E-state index >= 15 is 0 Å². The Labute approximate surface area is 123 Å². The van der Waals surface area contributed by atoms with Crippen molar-refractivity contribution in [2.45, 2.75) is 32.7 Å². The van der Waals surface area contributed by atoms with E-state index in [4.69, 9.17) is 4.98 Å². The number of nitrogens with zero attached hydrogens (tertiary/aromatic N) is 4. The molecule has 0 amide bonds. The standard InChI is InChI=1S/C16H19N5/c1-12-17-14-8-4-3-7-13(14)16-19-18-15(21(12)16)11-20-9-5-2-6-10-20/h3-4,7-8H,2,5-6,9-11H2,1H3/p+1. The van der Waals surface area contributed by atoms with E-state index in [1.165, 1.54) is 32.4 Å². The number of rotatable bonds is 2. The molecule has 2 aromatic heterocycles. The van der Waals surface area contributed by atoms with E-state index in [0.29, 0.717) is 0 Å². The summed E-state index contributed by atoms with van der Waals surface area (Å²) < 4.78 is 2.13. The van der Waals surface area contributed by atoms with Crippen LogP contribution in [0.3, 0.4) is 0 Å². The van der Waals surface area contributed by atoms with Crippen LogP contribution in [0.5, 0.6) is 0 Å². The third kappa shape index (κ3) is 2.17. The van der Waals surface area contributed by atoms with Crippen molar-refractivity contribution in [1.82, 2.24) is 19.6 Å². The molecule has 5 nitrogen and oxygen atoms in total. The SMILES string of the molecule is Cc1nc2ccccc2c2nnc(C[NH+]3CCCCC3)n12. The lowest BCUT2D eigenvalue weighted by atomic mass is 10.1. The number of piperidine rings is 1. The molecule has 3 heterocycles. The van der Waals surface area contributed by atoms with Crippen molar-refractivity contribution < 1.29 is 4.90 Å². The highest BCUT2D eigenvalue weighted by molar-refractivity contribution is 5.91. The van der Waals surface area contributed by atoms with E-state index in [1.54, 1.807) is 4.90 Å². The van der Waals surface area contributed by atoms with Gasteiger partial charge < -0.3 is 4.90 Å². The third-order valence-corrected chi connectivity index (χ3v) is 4.45. The molecule has 1 N–H and O–H groups in total. The van der Waals surface area contributed by atoms with Gasteiger partial charge in [0.05, 0.1) is 18.6 Å². The molecule has 0 bridgehead atoms. The summed E-state index contributed by atoms with van der Waals surface area (Å²) in [6, 6.07) is 8.15. The number of para-hydroxylation sites is 1. The van der Waals surface area contributed by atoms with Gasteiger partial charge in [-0.1, -0.05) is 12.1 Å². The zero-order valence-corrected chi connectivity index (χ0v) is 12.3. The van der Waals surface area contributed by atoms with E-state index in [2.05, 4.69) is 20.7 Å². The molecule has 1 saturated heterocycles. The molecule has 1 aliphatic rings. The summed E-state index contributed by atoms with van der Waals surface area (Å²) in [6.45, 7) is 5.48. The van der Waals surface area contributed by atoms with Crippen molar-refractivity contribution in [3.8, 4) is 0 Å². The minimum absolute atomic E-state index is 0.935. The fourth-order valence-electron chi connectivity index (χ4n) is 3.38. The molecule has 5 heteroatoms. The van der Waals surface area contributed by atoms with Gasteiger partial charge in [-0.2, -0.15) is 0 Å². The van der Waals surface area contributed by atoms with E-state index < -0.39 is 0 Å². The molecule has 108 valence electrons. The molecule has 1 aromatic carbocycles. The summed E-state index contributed by atoms with van der Waals surface area (Å²) in [7, 11) is 0. The summed E-state index contributed by atoms with van der Waals surface area (Å²) >= 11 is 0. The van der Waals surface area contributed by atoms with Crippen LogP contribution in [0.1, 0.15) is 30.9 Å². The summed E-state index contributed by atoms with van der Waals surface area (Å²) in [6.07, 6.45) is 4.02. The van der Waals surface area contributed by atoms with Gasteiger partial charge >= 0.3 is 0 Å². The molecular formula is C16H20N5+. The van der Waals surface area contributed by atoms with Gasteiger partial charge in [0.25, 0.3) is 0 Å². The zero-order chi connectivity index (χ0) is 14.2. The van der Waals surface area contributed by atoms with Crippen LogP contribution in [0.2, 0.25) is 0 Å². The van der Waals surface area contributed by atoms with Crippen LogP contribution < -0.4 is 4.90 Å². The number of aryl methyl sites for hydroxylation is 1. The highest BCUT2D eigenvalue weighted by Gasteiger charge is 2.19. The van der Waals surface area contributed by atoms with Crippen molar-refractivity contribution in [2.75, 3.05) is 13.1 Å². The molecule has 0 unspecified atom stereocenters. The lowest BCUT2D eigenvalue weighted by Crippen LogP contribution is -3.11. The Bertz CT molecular complexity index is 786. The number of hydrogen-bond donors (Lipinski definition) is 1. The Kier molecular flexibility index (Phi) is 3.07. The summed E-state index contributed by atoms with van der Waals surface area (Å²) in [4.78, 5) is 6.32. The first kappa shape index (κ1) is 12.7. The number of nitrogens with one attached hydrogen (secondary N) is 1. The minimum atomic E-state index is 0.935. The third-order valence-electron chi connectivity index (χ3n) is 4.45. The fraction of sp³-hybridized carbons (Fsp3) is 0.438. The molecule has 1 aliphatic heterocycles. The van der Waals surface area contributed by atoms with Crippen LogP contribution in [-0.4, -0.2) is 32.7 Å². The van der Waals surface area contributed by atoms with Gasteiger partial charge in [0.2, 0.25) is 0 Å². The average molecular weight is 282 g/mol. The number of hydrogen-bond acceptors (Lipinski definition) is 3. The van der Waals surface area contributed by atoms with Crippen LogP contribution in [0, 0.1) is 6.92 Å². The predicted molar refractivity (Wildman–Crippen MR) is 81.3 cm³/mol. The average Bonchev–Trinajstić information content (AvgIpc) is 2.93. The topological polar surface area (TPSA) is 47.5 Å². The lowest BCUT2D eigenvalue weighted by Gasteiger charge is -2.22. The minimum Gasteiger partial charge on any atom is -0.329 e. The monoisotopic (exact) mass is 282 g/mol. The molecule has 0 aliphatic carbocycles. The molecular weight excluding hydrogens is 262 g/mol. The molecule has 0 radical (unpaired) electrons.